The van der Waals surface area contributed by atoms with Gasteiger partial charge in [-0.2, -0.15) is 0 Å². The molecule has 0 aliphatic carbocycles. The van der Waals surface area contributed by atoms with E-state index in [4.69, 9.17) is 4.74 Å². The van der Waals surface area contributed by atoms with Crippen molar-refractivity contribution in [2.75, 3.05) is 20.3 Å². The summed E-state index contributed by atoms with van der Waals surface area (Å²) in [6.07, 6.45) is 1.96. The van der Waals surface area contributed by atoms with Crippen LogP contribution in [0.2, 0.25) is 0 Å². The predicted molar refractivity (Wildman–Crippen MR) is 77.8 cm³/mol. The fourth-order valence-electron chi connectivity index (χ4n) is 2.29. The summed E-state index contributed by atoms with van der Waals surface area (Å²) in [6.45, 7) is 7.87. The molecule has 0 bridgehead atoms. The number of halogens is 1. The Bertz CT molecular complexity index is 381. The third kappa shape index (κ3) is 4.92. The zero-order valence-corrected chi connectivity index (χ0v) is 12.5. The van der Waals surface area contributed by atoms with Gasteiger partial charge in [0.15, 0.2) is 0 Å². The molecule has 1 N–H and O–H groups in total. The molecular formula is C16H26FNO. The lowest BCUT2D eigenvalue weighted by molar-refractivity contribution is 0.169. The summed E-state index contributed by atoms with van der Waals surface area (Å²) in [6, 6.07) is 5.38. The molecule has 0 aromatic heterocycles. The maximum atomic E-state index is 14.1. The number of rotatable bonds is 8. The van der Waals surface area contributed by atoms with Crippen molar-refractivity contribution in [2.24, 2.45) is 5.92 Å². The van der Waals surface area contributed by atoms with Gasteiger partial charge >= 0.3 is 0 Å². The van der Waals surface area contributed by atoms with Gasteiger partial charge < -0.3 is 10.1 Å². The Morgan fingerprint density at radius 1 is 1.37 bits per heavy atom. The highest BCUT2D eigenvalue weighted by molar-refractivity contribution is 5.27. The SMILES string of the molecule is CCCNC(c1cc(C)ccc1F)C(C)CCOC. The van der Waals surface area contributed by atoms with E-state index in [1.165, 1.54) is 0 Å². The van der Waals surface area contributed by atoms with E-state index in [2.05, 4.69) is 19.2 Å². The van der Waals surface area contributed by atoms with Crippen LogP contribution in [-0.2, 0) is 4.74 Å². The van der Waals surface area contributed by atoms with E-state index >= 15 is 0 Å². The first-order chi connectivity index (χ1) is 9.10. The highest BCUT2D eigenvalue weighted by Crippen LogP contribution is 2.27. The molecule has 0 aliphatic rings. The van der Waals surface area contributed by atoms with Crippen molar-refractivity contribution in [2.45, 2.75) is 39.7 Å². The van der Waals surface area contributed by atoms with E-state index < -0.39 is 0 Å². The van der Waals surface area contributed by atoms with Crippen molar-refractivity contribution in [3.05, 3.63) is 35.1 Å². The third-order valence-electron chi connectivity index (χ3n) is 3.45. The van der Waals surface area contributed by atoms with Crippen LogP contribution >= 0.6 is 0 Å². The van der Waals surface area contributed by atoms with Crippen molar-refractivity contribution in [3.63, 3.8) is 0 Å². The monoisotopic (exact) mass is 267 g/mol. The molecule has 0 amide bonds. The second-order valence-corrected chi connectivity index (χ2v) is 5.22. The standard InChI is InChI=1S/C16H26FNO/c1-5-9-18-16(13(3)8-10-19-4)14-11-12(2)6-7-15(14)17/h6-7,11,13,16,18H,5,8-10H2,1-4H3. The minimum Gasteiger partial charge on any atom is -0.385 e. The quantitative estimate of drug-likeness (QED) is 0.772. The molecule has 2 atom stereocenters. The van der Waals surface area contributed by atoms with E-state index in [0.29, 0.717) is 12.5 Å². The number of ether oxygens (including phenoxy) is 1. The second kappa shape index (κ2) is 8.28. The number of nitrogens with one attached hydrogen (secondary N) is 1. The fourth-order valence-corrected chi connectivity index (χ4v) is 2.29. The summed E-state index contributed by atoms with van der Waals surface area (Å²) in [7, 11) is 1.70. The van der Waals surface area contributed by atoms with Crippen LogP contribution in [0.5, 0.6) is 0 Å². The number of benzene rings is 1. The highest BCUT2D eigenvalue weighted by atomic mass is 19.1. The minimum absolute atomic E-state index is 0.0509. The summed E-state index contributed by atoms with van der Waals surface area (Å²) < 4.78 is 19.2. The molecule has 0 saturated heterocycles. The zero-order chi connectivity index (χ0) is 14.3. The molecule has 0 radical (unpaired) electrons. The Labute approximate surface area is 116 Å². The van der Waals surface area contributed by atoms with E-state index in [1.807, 2.05) is 19.1 Å². The zero-order valence-electron chi connectivity index (χ0n) is 12.5. The Morgan fingerprint density at radius 3 is 2.74 bits per heavy atom. The molecule has 19 heavy (non-hydrogen) atoms. The number of aryl methyl sites for hydroxylation is 1. The van der Waals surface area contributed by atoms with E-state index in [9.17, 15) is 4.39 Å². The summed E-state index contributed by atoms with van der Waals surface area (Å²) in [5.41, 5.74) is 1.87. The van der Waals surface area contributed by atoms with Gasteiger partial charge in [0.05, 0.1) is 0 Å². The van der Waals surface area contributed by atoms with Gasteiger partial charge in [0.25, 0.3) is 0 Å². The molecule has 2 nitrogen and oxygen atoms in total. The Morgan fingerprint density at radius 2 is 2.11 bits per heavy atom. The lowest BCUT2D eigenvalue weighted by Crippen LogP contribution is -2.29. The molecule has 1 aromatic carbocycles. The van der Waals surface area contributed by atoms with E-state index in [1.54, 1.807) is 13.2 Å². The van der Waals surface area contributed by atoms with Crippen LogP contribution in [0.1, 0.15) is 43.9 Å². The Hall–Kier alpha value is -0.930. The van der Waals surface area contributed by atoms with Crippen LogP contribution in [0, 0.1) is 18.7 Å². The second-order valence-electron chi connectivity index (χ2n) is 5.22. The Kier molecular flexibility index (Phi) is 7.03. The molecule has 0 fully saturated rings. The molecule has 1 rings (SSSR count). The summed E-state index contributed by atoms with van der Waals surface area (Å²) in [5.74, 6) is 0.214. The molecule has 0 aliphatic heterocycles. The molecule has 0 spiro atoms. The summed E-state index contributed by atoms with van der Waals surface area (Å²) in [4.78, 5) is 0. The average Bonchev–Trinajstić information content (AvgIpc) is 2.40. The van der Waals surface area contributed by atoms with Gasteiger partial charge in [0, 0.05) is 25.3 Å². The molecular weight excluding hydrogens is 241 g/mol. The predicted octanol–water partition coefficient (Wildman–Crippen LogP) is 3.85. The topological polar surface area (TPSA) is 21.3 Å². The van der Waals surface area contributed by atoms with Crippen LogP contribution < -0.4 is 5.32 Å². The molecule has 0 heterocycles. The number of hydrogen-bond donors (Lipinski definition) is 1. The molecule has 0 saturated carbocycles. The third-order valence-corrected chi connectivity index (χ3v) is 3.45. The van der Waals surface area contributed by atoms with Gasteiger partial charge in [-0.1, -0.05) is 31.5 Å². The normalized spacial score (nSPS) is 14.4. The average molecular weight is 267 g/mol. The molecule has 1 aromatic rings. The van der Waals surface area contributed by atoms with Gasteiger partial charge in [-0.05, 0) is 38.3 Å². The van der Waals surface area contributed by atoms with Crippen molar-refractivity contribution >= 4 is 0 Å². The van der Waals surface area contributed by atoms with Gasteiger partial charge in [-0.25, -0.2) is 4.39 Å². The van der Waals surface area contributed by atoms with E-state index in [-0.39, 0.29) is 11.9 Å². The summed E-state index contributed by atoms with van der Waals surface area (Å²) in [5, 5.41) is 3.47. The molecule has 108 valence electrons. The maximum absolute atomic E-state index is 14.1. The van der Waals surface area contributed by atoms with E-state index in [0.717, 1.165) is 30.5 Å². The Balaban J connectivity index is 2.91. The van der Waals surface area contributed by atoms with Crippen LogP contribution in [0.15, 0.2) is 18.2 Å². The van der Waals surface area contributed by atoms with Crippen molar-refractivity contribution in [1.82, 2.24) is 5.32 Å². The maximum Gasteiger partial charge on any atom is 0.128 e. The number of hydrogen-bond acceptors (Lipinski definition) is 2. The highest BCUT2D eigenvalue weighted by Gasteiger charge is 2.21. The fraction of sp³-hybridized carbons (Fsp3) is 0.625. The van der Waals surface area contributed by atoms with Crippen LogP contribution in [0.3, 0.4) is 0 Å². The van der Waals surface area contributed by atoms with Crippen LogP contribution in [0.25, 0.3) is 0 Å². The smallest absolute Gasteiger partial charge is 0.128 e. The minimum atomic E-state index is -0.122. The number of methoxy groups -OCH3 is 1. The first kappa shape index (κ1) is 16.1. The van der Waals surface area contributed by atoms with Crippen molar-refractivity contribution < 1.29 is 9.13 Å². The largest absolute Gasteiger partial charge is 0.385 e. The lowest BCUT2D eigenvalue weighted by Gasteiger charge is -2.26. The molecule has 3 heteroatoms. The van der Waals surface area contributed by atoms with Crippen LogP contribution in [0.4, 0.5) is 4.39 Å². The first-order valence-electron chi connectivity index (χ1n) is 7.08. The summed E-state index contributed by atoms with van der Waals surface area (Å²) >= 11 is 0. The van der Waals surface area contributed by atoms with Crippen LogP contribution in [-0.4, -0.2) is 20.3 Å². The van der Waals surface area contributed by atoms with Gasteiger partial charge in [-0.15, -0.1) is 0 Å². The lowest BCUT2D eigenvalue weighted by atomic mass is 9.90. The van der Waals surface area contributed by atoms with Gasteiger partial charge in [0.2, 0.25) is 0 Å². The van der Waals surface area contributed by atoms with Crippen molar-refractivity contribution in [3.8, 4) is 0 Å². The van der Waals surface area contributed by atoms with Crippen molar-refractivity contribution in [1.29, 1.82) is 0 Å². The molecule has 2 unspecified atom stereocenters. The van der Waals surface area contributed by atoms with Gasteiger partial charge in [0.1, 0.15) is 5.82 Å². The first-order valence-corrected chi connectivity index (χ1v) is 7.08. The van der Waals surface area contributed by atoms with Gasteiger partial charge in [-0.3, -0.25) is 0 Å².